The summed E-state index contributed by atoms with van der Waals surface area (Å²) < 4.78 is 21.6. The van der Waals surface area contributed by atoms with Gasteiger partial charge in [0.1, 0.15) is 9.84 Å². The van der Waals surface area contributed by atoms with Crippen LogP contribution in [0.25, 0.3) is 0 Å². The normalized spacial score (nSPS) is 13.2. The minimum atomic E-state index is -2.87. The van der Waals surface area contributed by atoms with Crippen LogP contribution in [0.4, 0.5) is 0 Å². The van der Waals surface area contributed by atoms with Gasteiger partial charge in [0.15, 0.2) is 0 Å². The number of sulfone groups is 1. The molecule has 0 aliphatic heterocycles. The van der Waals surface area contributed by atoms with Gasteiger partial charge in [-0.2, -0.15) is 0 Å². The molecule has 0 amide bonds. The lowest BCUT2D eigenvalue weighted by atomic mass is 9.92. The minimum Gasteiger partial charge on any atom is -0.390 e. The molecule has 0 aliphatic carbocycles. The first-order valence-electron chi connectivity index (χ1n) is 4.73. The van der Waals surface area contributed by atoms with Crippen molar-refractivity contribution in [2.45, 2.75) is 45.1 Å². The molecular formula is C9H20O3S. The number of rotatable bonds is 6. The molecule has 0 aromatic heterocycles. The molecule has 0 aliphatic rings. The summed E-state index contributed by atoms with van der Waals surface area (Å²) in [4.78, 5) is 0. The SMILES string of the molecule is CCC(O)(CC)CCCS(C)(=O)=O. The smallest absolute Gasteiger partial charge is 0.147 e. The average Bonchev–Trinajstić information content (AvgIpc) is 2.02. The third kappa shape index (κ3) is 6.05. The molecule has 1 N–H and O–H groups in total. The fourth-order valence-corrected chi connectivity index (χ4v) is 1.94. The van der Waals surface area contributed by atoms with Crippen molar-refractivity contribution in [3.05, 3.63) is 0 Å². The topological polar surface area (TPSA) is 54.4 Å². The fourth-order valence-electron chi connectivity index (χ4n) is 1.27. The van der Waals surface area contributed by atoms with Crippen molar-refractivity contribution in [2.75, 3.05) is 12.0 Å². The molecule has 0 bridgehead atoms. The van der Waals surface area contributed by atoms with E-state index < -0.39 is 15.4 Å². The Morgan fingerprint density at radius 1 is 1.23 bits per heavy atom. The summed E-state index contributed by atoms with van der Waals surface area (Å²) in [6, 6.07) is 0. The zero-order valence-electron chi connectivity index (χ0n) is 8.71. The molecule has 80 valence electrons. The average molecular weight is 208 g/mol. The molecule has 0 saturated heterocycles. The Morgan fingerprint density at radius 2 is 1.69 bits per heavy atom. The van der Waals surface area contributed by atoms with Crippen LogP contribution < -0.4 is 0 Å². The molecule has 0 rings (SSSR count). The van der Waals surface area contributed by atoms with Gasteiger partial charge in [0.05, 0.1) is 5.60 Å². The molecule has 0 unspecified atom stereocenters. The van der Waals surface area contributed by atoms with Crippen molar-refractivity contribution >= 4 is 9.84 Å². The van der Waals surface area contributed by atoms with Crippen LogP contribution in [0.3, 0.4) is 0 Å². The maximum Gasteiger partial charge on any atom is 0.147 e. The first-order valence-corrected chi connectivity index (χ1v) is 6.79. The lowest BCUT2D eigenvalue weighted by Crippen LogP contribution is -2.27. The van der Waals surface area contributed by atoms with Gasteiger partial charge in [-0.3, -0.25) is 0 Å². The van der Waals surface area contributed by atoms with Gasteiger partial charge in [0, 0.05) is 12.0 Å². The Kier molecular flexibility index (Phi) is 4.92. The molecule has 3 nitrogen and oxygen atoms in total. The molecule has 0 spiro atoms. The first-order chi connectivity index (χ1) is 5.83. The van der Waals surface area contributed by atoms with Crippen LogP contribution in [-0.4, -0.2) is 31.1 Å². The fraction of sp³-hybridized carbons (Fsp3) is 1.00. The Morgan fingerprint density at radius 3 is 2.00 bits per heavy atom. The van der Waals surface area contributed by atoms with Gasteiger partial charge in [-0.1, -0.05) is 13.8 Å². The Labute approximate surface area is 81.1 Å². The van der Waals surface area contributed by atoms with Crippen LogP contribution in [0.5, 0.6) is 0 Å². The summed E-state index contributed by atoms with van der Waals surface area (Å²) in [5, 5.41) is 9.83. The van der Waals surface area contributed by atoms with E-state index in [2.05, 4.69) is 0 Å². The predicted molar refractivity (Wildman–Crippen MR) is 54.5 cm³/mol. The van der Waals surface area contributed by atoms with Crippen LogP contribution in [0.1, 0.15) is 39.5 Å². The third-order valence-electron chi connectivity index (χ3n) is 2.47. The van der Waals surface area contributed by atoms with E-state index in [-0.39, 0.29) is 5.75 Å². The van der Waals surface area contributed by atoms with Crippen LogP contribution in [0.2, 0.25) is 0 Å². The highest BCUT2D eigenvalue weighted by molar-refractivity contribution is 7.90. The molecule has 0 aromatic carbocycles. The lowest BCUT2D eigenvalue weighted by molar-refractivity contribution is 0.0232. The van der Waals surface area contributed by atoms with Crippen molar-refractivity contribution < 1.29 is 13.5 Å². The maximum atomic E-state index is 10.8. The molecule has 0 radical (unpaired) electrons. The van der Waals surface area contributed by atoms with Gasteiger partial charge in [-0.05, 0) is 25.7 Å². The standard InChI is InChI=1S/C9H20O3S/c1-4-9(10,5-2)7-6-8-13(3,11)12/h10H,4-8H2,1-3H3. The van der Waals surface area contributed by atoms with Crippen molar-refractivity contribution in [3.63, 3.8) is 0 Å². The van der Waals surface area contributed by atoms with Crippen LogP contribution in [0, 0.1) is 0 Å². The molecule has 0 heterocycles. The van der Waals surface area contributed by atoms with E-state index in [4.69, 9.17) is 0 Å². The highest BCUT2D eigenvalue weighted by Crippen LogP contribution is 2.21. The predicted octanol–water partition coefficient (Wildman–Crippen LogP) is 1.36. The van der Waals surface area contributed by atoms with Crippen LogP contribution >= 0.6 is 0 Å². The summed E-state index contributed by atoms with van der Waals surface area (Å²) in [7, 11) is -2.87. The lowest BCUT2D eigenvalue weighted by Gasteiger charge is -2.24. The monoisotopic (exact) mass is 208 g/mol. The molecule has 13 heavy (non-hydrogen) atoms. The van der Waals surface area contributed by atoms with Gasteiger partial charge < -0.3 is 5.11 Å². The van der Waals surface area contributed by atoms with Crippen LogP contribution in [0.15, 0.2) is 0 Å². The van der Waals surface area contributed by atoms with Gasteiger partial charge >= 0.3 is 0 Å². The van der Waals surface area contributed by atoms with E-state index in [0.29, 0.717) is 25.7 Å². The van der Waals surface area contributed by atoms with Crippen molar-refractivity contribution in [3.8, 4) is 0 Å². The van der Waals surface area contributed by atoms with Gasteiger partial charge in [-0.25, -0.2) is 8.42 Å². The largest absolute Gasteiger partial charge is 0.390 e. The van der Waals surface area contributed by atoms with E-state index in [0.717, 1.165) is 0 Å². The molecule has 0 aromatic rings. The van der Waals surface area contributed by atoms with E-state index >= 15 is 0 Å². The van der Waals surface area contributed by atoms with E-state index in [1.807, 2.05) is 13.8 Å². The molecule has 4 heteroatoms. The summed E-state index contributed by atoms with van der Waals surface area (Å²) in [6.07, 6.45) is 3.73. The molecule has 0 fully saturated rings. The number of hydrogen-bond donors (Lipinski definition) is 1. The summed E-state index contributed by atoms with van der Waals surface area (Å²) >= 11 is 0. The Balaban J connectivity index is 3.88. The first kappa shape index (κ1) is 12.9. The third-order valence-corrected chi connectivity index (χ3v) is 3.50. The molecular weight excluding hydrogens is 188 g/mol. The zero-order chi connectivity index (χ0) is 10.5. The number of hydrogen-bond acceptors (Lipinski definition) is 3. The summed E-state index contributed by atoms with van der Waals surface area (Å²) in [6.45, 7) is 3.84. The highest BCUT2D eigenvalue weighted by Gasteiger charge is 2.21. The minimum absolute atomic E-state index is 0.176. The highest BCUT2D eigenvalue weighted by atomic mass is 32.2. The summed E-state index contributed by atoms with van der Waals surface area (Å²) in [5.74, 6) is 0.176. The molecule has 0 atom stereocenters. The van der Waals surface area contributed by atoms with Gasteiger partial charge in [0.25, 0.3) is 0 Å². The van der Waals surface area contributed by atoms with Gasteiger partial charge in [0.2, 0.25) is 0 Å². The van der Waals surface area contributed by atoms with Crippen LogP contribution in [-0.2, 0) is 9.84 Å². The van der Waals surface area contributed by atoms with Crippen molar-refractivity contribution in [1.82, 2.24) is 0 Å². The Hall–Kier alpha value is -0.0900. The molecule has 0 saturated carbocycles. The van der Waals surface area contributed by atoms with E-state index in [1.165, 1.54) is 6.26 Å². The zero-order valence-corrected chi connectivity index (χ0v) is 9.52. The second kappa shape index (κ2) is 4.96. The van der Waals surface area contributed by atoms with E-state index in [1.54, 1.807) is 0 Å². The Bertz CT molecular complexity index is 227. The maximum absolute atomic E-state index is 10.8. The van der Waals surface area contributed by atoms with Crippen molar-refractivity contribution in [2.24, 2.45) is 0 Å². The van der Waals surface area contributed by atoms with Crippen molar-refractivity contribution in [1.29, 1.82) is 0 Å². The second-order valence-corrected chi connectivity index (χ2v) is 5.92. The quantitative estimate of drug-likeness (QED) is 0.717. The number of aliphatic hydroxyl groups is 1. The van der Waals surface area contributed by atoms with Gasteiger partial charge in [-0.15, -0.1) is 0 Å². The second-order valence-electron chi connectivity index (χ2n) is 3.66. The summed E-state index contributed by atoms with van der Waals surface area (Å²) in [5.41, 5.74) is -0.662. The van der Waals surface area contributed by atoms with E-state index in [9.17, 15) is 13.5 Å².